The van der Waals surface area contributed by atoms with E-state index in [0.717, 1.165) is 17.6 Å². The molecule has 0 amide bonds. The number of carbonyl (C=O) groups is 1. The van der Waals surface area contributed by atoms with Crippen LogP contribution in [0, 0.1) is 18.8 Å². The molecule has 0 N–H and O–H groups in total. The fourth-order valence-corrected chi connectivity index (χ4v) is 4.00. The predicted molar refractivity (Wildman–Crippen MR) is 82.9 cm³/mol. The smallest absolute Gasteiger partial charge is 0.154 e. The van der Waals surface area contributed by atoms with Crippen molar-refractivity contribution >= 4 is 6.29 Å². The summed E-state index contributed by atoms with van der Waals surface area (Å²) in [7, 11) is 1.67. The van der Waals surface area contributed by atoms with Gasteiger partial charge in [0.25, 0.3) is 0 Å². The molecule has 2 nitrogen and oxygen atoms in total. The number of hydrogen-bond donors (Lipinski definition) is 0. The maximum atomic E-state index is 11.4. The molecule has 1 aliphatic rings. The first-order chi connectivity index (χ1) is 9.27. The molecule has 1 aromatic carbocycles. The van der Waals surface area contributed by atoms with Crippen molar-refractivity contribution in [3.8, 4) is 5.75 Å². The highest BCUT2D eigenvalue weighted by molar-refractivity contribution is 5.84. The van der Waals surface area contributed by atoms with Crippen LogP contribution in [-0.4, -0.2) is 13.4 Å². The normalized spacial score (nSPS) is 23.8. The van der Waals surface area contributed by atoms with Crippen molar-refractivity contribution in [3.63, 3.8) is 0 Å². The maximum Gasteiger partial charge on any atom is 0.154 e. The summed E-state index contributed by atoms with van der Waals surface area (Å²) in [5.74, 6) is 2.42. The molecule has 0 heterocycles. The molecule has 0 radical (unpaired) electrons. The Balaban J connectivity index is 2.83. The quantitative estimate of drug-likeness (QED) is 0.759. The van der Waals surface area contributed by atoms with Gasteiger partial charge in [0.05, 0.1) is 12.7 Å². The molecular formula is C18H26O2. The van der Waals surface area contributed by atoms with Gasteiger partial charge in [-0.2, -0.15) is 0 Å². The van der Waals surface area contributed by atoms with Gasteiger partial charge in [-0.05, 0) is 41.2 Å². The van der Waals surface area contributed by atoms with Gasteiger partial charge >= 0.3 is 0 Å². The molecule has 0 aromatic heterocycles. The van der Waals surface area contributed by atoms with Crippen molar-refractivity contribution < 1.29 is 9.53 Å². The third-order valence-corrected chi connectivity index (χ3v) is 5.28. The SMILES string of the molecule is COc1c(C=O)c(C)cc2c1C(C)(C)C(C)C2C(C)C. The van der Waals surface area contributed by atoms with Crippen LogP contribution < -0.4 is 4.74 Å². The van der Waals surface area contributed by atoms with Crippen LogP contribution in [0.4, 0.5) is 0 Å². The number of hydrogen-bond acceptors (Lipinski definition) is 2. The number of aryl methyl sites for hydroxylation is 1. The maximum absolute atomic E-state index is 11.4. The van der Waals surface area contributed by atoms with Crippen LogP contribution in [0.25, 0.3) is 0 Å². The van der Waals surface area contributed by atoms with E-state index in [-0.39, 0.29) is 5.41 Å². The van der Waals surface area contributed by atoms with E-state index in [1.54, 1.807) is 7.11 Å². The minimum Gasteiger partial charge on any atom is -0.496 e. The Morgan fingerprint density at radius 3 is 2.40 bits per heavy atom. The minimum atomic E-state index is 0.0288. The Morgan fingerprint density at radius 2 is 1.95 bits per heavy atom. The van der Waals surface area contributed by atoms with E-state index < -0.39 is 0 Å². The van der Waals surface area contributed by atoms with E-state index in [2.05, 4.69) is 40.7 Å². The molecular weight excluding hydrogens is 248 g/mol. The van der Waals surface area contributed by atoms with Gasteiger partial charge in [-0.25, -0.2) is 0 Å². The molecule has 0 saturated heterocycles. The number of aldehydes is 1. The fourth-order valence-electron chi connectivity index (χ4n) is 4.00. The van der Waals surface area contributed by atoms with Crippen LogP contribution in [-0.2, 0) is 5.41 Å². The second-order valence-corrected chi connectivity index (χ2v) is 7.00. The van der Waals surface area contributed by atoms with Gasteiger partial charge < -0.3 is 4.74 Å². The first-order valence-corrected chi connectivity index (χ1v) is 7.44. The highest BCUT2D eigenvalue weighted by atomic mass is 16.5. The molecule has 110 valence electrons. The van der Waals surface area contributed by atoms with Crippen LogP contribution in [0.15, 0.2) is 6.07 Å². The van der Waals surface area contributed by atoms with Crippen LogP contribution in [0.5, 0.6) is 5.75 Å². The van der Waals surface area contributed by atoms with E-state index in [9.17, 15) is 4.79 Å². The van der Waals surface area contributed by atoms with Gasteiger partial charge in [0.1, 0.15) is 5.75 Å². The summed E-state index contributed by atoms with van der Waals surface area (Å²) in [6.45, 7) is 13.4. The first kappa shape index (κ1) is 15.1. The largest absolute Gasteiger partial charge is 0.496 e. The van der Waals surface area contributed by atoms with Crippen molar-refractivity contribution in [3.05, 3.63) is 28.3 Å². The summed E-state index contributed by atoms with van der Waals surface area (Å²) in [6, 6.07) is 2.21. The van der Waals surface area contributed by atoms with Crippen LogP contribution in [0.3, 0.4) is 0 Å². The van der Waals surface area contributed by atoms with E-state index in [1.165, 1.54) is 11.1 Å². The van der Waals surface area contributed by atoms with Gasteiger partial charge in [0, 0.05) is 5.56 Å². The molecule has 1 aliphatic carbocycles. The van der Waals surface area contributed by atoms with Crippen molar-refractivity contribution in [2.45, 2.75) is 52.9 Å². The highest BCUT2D eigenvalue weighted by Gasteiger charge is 2.47. The lowest BCUT2D eigenvalue weighted by atomic mass is 9.74. The molecule has 2 rings (SSSR count). The summed E-state index contributed by atoms with van der Waals surface area (Å²) >= 11 is 0. The highest BCUT2D eigenvalue weighted by Crippen LogP contribution is 2.56. The van der Waals surface area contributed by atoms with Crippen molar-refractivity contribution in [2.24, 2.45) is 11.8 Å². The van der Waals surface area contributed by atoms with E-state index in [1.807, 2.05) is 6.92 Å². The van der Waals surface area contributed by atoms with E-state index >= 15 is 0 Å². The molecule has 2 unspecified atom stereocenters. The lowest BCUT2D eigenvalue weighted by Crippen LogP contribution is -2.25. The molecule has 0 fully saturated rings. The Morgan fingerprint density at radius 1 is 1.35 bits per heavy atom. The summed E-state index contributed by atoms with van der Waals surface area (Å²) in [5, 5.41) is 0. The number of benzene rings is 1. The number of rotatable bonds is 3. The Labute approximate surface area is 122 Å². The molecule has 20 heavy (non-hydrogen) atoms. The predicted octanol–water partition coefficient (Wildman–Crippen LogP) is 4.48. The summed E-state index contributed by atoms with van der Waals surface area (Å²) in [5.41, 5.74) is 4.36. The zero-order valence-corrected chi connectivity index (χ0v) is 13.7. The number of methoxy groups -OCH3 is 1. The topological polar surface area (TPSA) is 26.3 Å². The van der Waals surface area contributed by atoms with Gasteiger partial charge in [-0.15, -0.1) is 0 Å². The van der Waals surface area contributed by atoms with Gasteiger partial charge in [-0.3, -0.25) is 4.79 Å². The van der Waals surface area contributed by atoms with E-state index in [0.29, 0.717) is 23.3 Å². The second-order valence-electron chi connectivity index (χ2n) is 7.00. The zero-order chi connectivity index (χ0) is 15.2. The second kappa shape index (κ2) is 4.91. The van der Waals surface area contributed by atoms with Crippen LogP contribution >= 0.6 is 0 Å². The lowest BCUT2D eigenvalue weighted by Gasteiger charge is -2.30. The van der Waals surface area contributed by atoms with Gasteiger partial charge in [0.2, 0.25) is 0 Å². The van der Waals surface area contributed by atoms with Crippen LogP contribution in [0.2, 0.25) is 0 Å². The number of ether oxygens (including phenoxy) is 1. The average molecular weight is 274 g/mol. The van der Waals surface area contributed by atoms with Crippen molar-refractivity contribution in [1.29, 1.82) is 0 Å². The Hall–Kier alpha value is -1.31. The van der Waals surface area contributed by atoms with Gasteiger partial charge in [0.15, 0.2) is 6.29 Å². The third kappa shape index (κ3) is 1.88. The third-order valence-electron chi connectivity index (χ3n) is 5.28. The standard InChI is InChI=1S/C18H26O2/c1-10(2)15-12(4)18(5,6)16-13(15)8-11(3)14(9-19)17(16)20-7/h8-10,12,15H,1-7H3. The van der Waals surface area contributed by atoms with Crippen molar-refractivity contribution in [1.82, 2.24) is 0 Å². The molecule has 0 aliphatic heterocycles. The molecule has 1 aromatic rings. The van der Waals surface area contributed by atoms with Crippen LogP contribution in [0.1, 0.15) is 67.6 Å². The van der Waals surface area contributed by atoms with E-state index in [4.69, 9.17) is 4.74 Å². The zero-order valence-electron chi connectivity index (χ0n) is 13.7. The Bertz CT molecular complexity index is 541. The molecule has 0 bridgehead atoms. The molecule has 2 atom stereocenters. The summed E-state index contributed by atoms with van der Waals surface area (Å²) in [6.07, 6.45) is 0.928. The Kier molecular flexibility index (Phi) is 3.70. The van der Waals surface area contributed by atoms with Crippen molar-refractivity contribution in [2.75, 3.05) is 7.11 Å². The summed E-state index contributed by atoms with van der Waals surface area (Å²) in [4.78, 5) is 11.4. The molecule has 0 saturated carbocycles. The minimum absolute atomic E-state index is 0.0288. The average Bonchev–Trinajstić information content (AvgIpc) is 2.55. The summed E-state index contributed by atoms with van der Waals surface area (Å²) < 4.78 is 5.64. The lowest BCUT2D eigenvalue weighted by molar-refractivity contribution is 0.111. The first-order valence-electron chi connectivity index (χ1n) is 7.44. The van der Waals surface area contributed by atoms with Gasteiger partial charge in [-0.1, -0.05) is 40.7 Å². The monoisotopic (exact) mass is 274 g/mol. The fraction of sp³-hybridized carbons (Fsp3) is 0.611. The molecule has 0 spiro atoms. The number of fused-ring (bicyclic) bond motifs is 1. The molecule has 2 heteroatoms. The number of carbonyl (C=O) groups excluding carboxylic acids is 1.